The van der Waals surface area contributed by atoms with Crippen molar-refractivity contribution in [2.75, 3.05) is 83.6 Å². The van der Waals surface area contributed by atoms with Crippen molar-refractivity contribution in [3.05, 3.63) is 35.9 Å². The van der Waals surface area contributed by atoms with Crippen molar-refractivity contribution < 1.29 is 19.1 Å². The Bertz CT molecular complexity index is 942. The monoisotopic (exact) mass is 497 g/mol. The third-order valence-electron chi connectivity index (χ3n) is 7.80. The summed E-state index contributed by atoms with van der Waals surface area (Å²) in [4.78, 5) is 32.2. The molecule has 0 saturated carbocycles. The lowest BCUT2D eigenvalue weighted by molar-refractivity contribution is -0.137. The Morgan fingerprint density at radius 3 is 2.67 bits per heavy atom. The fourth-order valence-electron chi connectivity index (χ4n) is 5.64. The summed E-state index contributed by atoms with van der Waals surface area (Å²) in [6, 6.07) is 6.37. The van der Waals surface area contributed by atoms with Crippen molar-refractivity contribution in [3.8, 4) is 5.75 Å². The van der Waals surface area contributed by atoms with Gasteiger partial charge in [-0.25, -0.2) is 0 Å². The number of benzene rings is 1. The summed E-state index contributed by atoms with van der Waals surface area (Å²) in [5, 5.41) is 6.75. The Hall–Kier alpha value is -2.62. The second-order valence-corrected chi connectivity index (χ2v) is 10.1. The van der Waals surface area contributed by atoms with Gasteiger partial charge in [0.05, 0.1) is 19.8 Å². The minimum atomic E-state index is 0.117. The van der Waals surface area contributed by atoms with Crippen molar-refractivity contribution in [1.29, 1.82) is 0 Å². The van der Waals surface area contributed by atoms with E-state index in [1.54, 1.807) is 0 Å². The first-order valence-corrected chi connectivity index (χ1v) is 13.4. The van der Waals surface area contributed by atoms with Crippen LogP contribution in [0.25, 0.3) is 0 Å². The quantitative estimate of drug-likeness (QED) is 0.599. The summed E-state index contributed by atoms with van der Waals surface area (Å²) in [5.41, 5.74) is 2.26. The van der Waals surface area contributed by atoms with Gasteiger partial charge in [0.25, 0.3) is 0 Å². The van der Waals surface area contributed by atoms with Crippen molar-refractivity contribution in [3.63, 3.8) is 0 Å². The van der Waals surface area contributed by atoms with Gasteiger partial charge >= 0.3 is 0 Å². The highest BCUT2D eigenvalue weighted by Crippen LogP contribution is 2.30. The van der Waals surface area contributed by atoms with E-state index in [4.69, 9.17) is 9.47 Å². The molecule has 0 unspecified atom stereocenters. The summed E-state index contributed by atoms with van der Waals surface area (Å²) in [5.74, 6) is 1.54. The first kappa shape index (κ1) is 25.0. The van der Waals surface area contributed by atoms with Gasteiger partial charge in [-0.15, -0.1) is 0 Å². The molecule has 1 aromatic carbocycles. The number of hydrogen-bond acceptors (Lipinski definition) is 7. The summed E-state index contributed by atoms with van der Waals surface area (Å²) in [6.07, 6.45) is 5.58. The molecule has 9 nitrogen and oxygen atoms in total. The Kier molecular flexibility index (Phi) is 8.40. The molecule has 2 atom stereocenters. The molecule has 4 aliphatic heterocycles. The predicted molar refractivity (Wildman–Crippen MR) is 138 cm³/mol. The first-order chi connectivity index (χ1) is 17.7. The maximum Gasteiger partial charge on any atom is 0.236 e. The standard InChI is InChI=1S/C27H39N5O4/c33-26(31-11-14-35-15-12-31)17-21-5-8-32-20-22(21)2-1-13-36-25-4-3-24(30-9-6-28-7-10-30)16-23(25)18-29-19-27(32)34/h1-4,16,21-22,28-29H,5-15,17-20H2/b2-1+/t21-,22-/m0/s1. The molecule has 4 heterocycles. The Morgan fingerprint density at radius 1 is 1.00 bits per heavy atom. The van der Waals surface area contributed by atoms with E-state index >= 15 is 0 Å². The summed E-state index contributed by atoms with van der Waals surface area (Å²) in [7, 11) is 0. The van der Waals surface area contributed by atoms with Gasteiger partial charge in [-0.2, -0.15) is 0 Å². The first-order valence-electron chi connectivity index (χ1n) is 13.4. The normalized spacial score (nSPS) is 26.7. The number of piperidine rings is 1. The SMILES string of the molecule is O=C(C[C@@H]1CCN2C[C@@H]1/C=C/COc1ccc(N3CCNCC3)cc1CNCC2=O)N1CCOCC1. The number of carbonyl (C=O) groups excluding carboxylic acids is 2. The second kappa shape index (κ2) is 12.1. The zero-order valence-electron chi connectivity index (χ0n) is 21.1. The molecule has 0 aromatic heterocycles. The van der Waals surface area contributed by atoms with E-state index in [1.165, 1.54) is 5.69 Å². The maximum absolute atomic E-state index is 13.0. The van der Waals surface area contributed by atoms with Crippen LogP contribution in [0.15, 0.2) is 30.4 Å². The molecule has 4 aliphatic rings. The van der Waals surface area contributed by atoms with Crippen LogP contribution < -0.4 is 20.3 Å². The summed E-state index contributed by atoms with van der Waals surface area (Å²) < 4.78 is 11.6. The van der Waals surface area contributed by atoms with Gasteiger partial charge in [-0.1, -0.05) is 12.2 Å². The highest BCUT2D eigenvalue weighted by atomic mass is 16.5. The van der Waals surface area contributed by atoms with Crippen LogP contribution in [0.5, 0.6) is 5.75 Å². The van der Waals surface area contributed by atoms with Crippen LogP contribution in [0.3, 0.4) is 0 Å². The smallest absolute Gasteiger partial charge is 0.236 e. The van der Waals surface area contributed by atoms with Crippen LogP contribution in [-0.2, 0) is 20.9 Å². The number of carbonyl (C=O) groups is 2. The molecule has 0 radical (unpaired) electrons. The Balaban J connectivity index is 1.28. The van der Waals surface area contributed by atoms with Crippen molar-refractivity contribution >= 4 is 17.5 Å². The molecular weight excluding hydrogens is 458 g/mol. The number of nitrogens with zero attached hydrogens (tertiary/aromatic N) is 3. The third-order valence-corrected chi connectivity index (χ3v) is 7.80. The molecule has 1 aromatic rings. The van der Waals surface area contributed by atoms with E-state index in [1.807, 2.05) is 9.80 Å². The number of amides is 2. The van der Waals surface area contributed by atoms with E-state index in [0.29, 0.717) is 65.5 Å². The molecule has 2 N–H and O–H groups in total. The van der Waals surface area contributed by atoms with Crippen molar-refractivity contribution in [1.82, 2.24) is 20.4 Å². The fourth-order valence-corrected chi connectivity index (χ4v) is 5.64. The highest BCUT2D eigenvalue weighted by Gasteiger charge is 2.32. The van der Waals surface area contributed by atoms with Crippen LogP contribution >= 0.6 is 0 Å². The van der Waals surface area contributed by atoms with Crippen molar-refractivity contribution in [2.45, 2.75) is 19.4 Å². The molecular formula is C27H39N5O4. The summed E-state index contributed by atoms with van der Waals surface area (Å²) in [6.45, 7) is 9.22. The van der Waals surface area contributed by atoms with Crippen LogP contribution in [0.4, 0.5) is 5.69 Å². The molecule has 2 amide bonds. The molecule has 9 heteroatoms. The average molecular weight is 498 g/mol. The van der Waals surface area contributed by atoms with Gasteiger partial charge < -0.3 is 34.8 Å². The lowest BCUT2D eigenvalue weighted by Gasteiger charge is -2.38. The zero-order chi connectivity index (χ0) is 24.7. The number of rotatable bonds is 3. The van der Waals surface area contributed by atoms with Gasteiger partial charge in [-0.05, 0) is 36.5 Å². The maximum atomic E-state index is 13.0. The van der Waals surface area contributed by atoms with E-state index in [-0.39, 0.29) is 23.7 Å². The van der Waals surface area contributed by atoms with E-state index < -0.39 is 0 Å². The second-order valence-electron chi connectivity index (χ2n) is 10.1. The summed E-state index contributed by atoms with van der Waals surface area (Å²) >= 11 is 0. The van der Waals surface area contributed by atoms with E-state index in [2.05, 4.69) is 45.9 Å². The Labute approximate surface area is 213 Å². The zero-order valence-corrected chi connectivity index (χ0v) is 21.1. The highest BCUT2D eigenvalue weighted by molar-refractivity contribution is 5.79. The number of fused-ring (bicyclic) bond motifs is 3. The molecule has 36 heavy (non-hydrogen) atoms. The van der Waals surface area contributed by atoms with E-state index in [9.17, 15) is 9.59 Å². The van der Waals surface area contributed by atoms with Crippen LogP contribution in [0.1, 0.15) is 18.4 Å². The average Bonchev–Trinajstić information content (AvgIpc) is 2.93. The molecule has 0 spiro atoms. The van der Waals surface area contributed by atoms with Gasteiger partial charge in [0.2, 0.25) is 11.8 Å². The molecule has 196 valence electrons. The molecule has 3 saturated heterocycles. The number of anilines is 1. The van der Waals surface area contributed by atoms with Crippen LogP contribution in [0.2, 0.25) is 0 Å². The number of piperazine rings is 1. The largest absolute Gasteiger partial charge is 0.489 e. The Morgan fingerprint density at radius 2 is 1.83 bits per heavy atom. The van der Waals surface area contributed by atoms with Gasteiger partial charge in [0.15, 0.2) is 0 Å². The fraction of sp³-hybridized carbons (Fsp3) is 0.630. The van der Waals surface area contributed by atoms with Gasteiger partial charge in [-0.3, -0.25) is 9.59 Å². The number of hydrogen-bond donors (Lipinski definition) is 2. The predicted octanol–water partition coefficient (Wildman–Crippen LogP) is 0.848. The number of nitrogens with one attached hydrogen (secondary N) is 2. The molecule has 5 rings (SSSR count). The third kappa shape index (κ3) is 6.19. The van der Waals surface area contributed by atoms with Crippen LogP contribution in [-0.4, -0.2) is 100 Å². The molecule has 2 bridgehead atoms. The minimum absolute atomic E-state index is 0.117. The lowest BCUT2D eigenvalue weighted by Crippen LogP contribution is -2.48. The van der Waals surface area contributed by atoms with Gasteiger partial charge in [0.1, 0.15) is 12.4 Å². The van der Waals surface area contributed by atoms with E-state index in [0.717, 1.165) is 43.9 Å². The number of ether oxygens (including phenoxy) is 2. The number of morpholine rings is 1. The lowest BCUT2D eigenvalue weighted by atomic mass is 9.82. The van der Waals surface area contributed by atoms with Gasteiger partial charge in [0, 0.05) is 76.6 Å². The van der Waals surface area contributed by atoms with Crippen LogP contribution in [0, 0.1) is 11.8 Å². The molecule has 3 fully saturated rings. The molecule has 0 aliphatic carbocycles. The van der Waals surface area contributed by atoms with Crippen molar-refractivity contribution in [2.24, 2.45) is 11.8 Å². The topological polar surface area (TPSA) is 86.4 Å². The minimum Gasteiger partial charge on any atom is -0.489 e.